The molecular weight excluding hydrogens is 641 g/mol. The fourth-order valence-corrected chi connectivity index (χ4v) is 7.73. The summed E-state index contributed by atoms with van der Waals surface area (Å²) in [5, 5.41) is 11.2. The molecule has 6 rings (SSSR count). The molecule has 3 atom stereocenters. The molecule has 3 aliphatic heterocycles. The molecule has 0 amide bonds. The third-order valence-corrected chi connectivity index (χ3v) is 11.0. The maximum Gasteiger partial charge on any atom is 0.348 e. The van der Waals surface area contributed by atoms with Gasteiger partial charge in [-0.25, -0.2) is 19.7 Å². The quantitative estimate of drug-likeness (QED) is 0.290. The fourth-order valence-electron chi connectivity index (χ4n) is 6.35. The van der Waals surface area contributed by atoms with Gasteiger partial charge < -0.3 is 29.4 Å². The number of carbonyl (C=O) groups excluding carboxylic acids is 1. The summed E-state index contributed by atoms with van der Waals surface area (Å²) < 4.78 is 11.6. The van der Waals surface area contributed by atoms with E-state index >= 15 is 0 Å². The largest absolute Gasteiger partial charge is 0.477 e. The number of H-pyrrole nitrogens is 1. The van der Waals surface area contributed by atoms with Crippen molar-refractivity contribution in [2.24, 2.45) is 5.92 Å². The first-order valence-corrected chi connectivity index (χ1v) is 16.8. The average Bonchev–Trinajstić information content (AvgIpc) is 3.79. The molecule has 0 aromatic carbocycles. The number of hydrogen-bond acceptors (Lipinski definition) is 11. The zero-order valence-corrected chi connectivity index (χ0v) is 27.6. The van der Waals surface area contributed by atoms with E-state index in [-0.39, 0.29) is 34.1 Å². The van der Waals surface area contributed by atoms with E-state index in [1.165, 1.54) is 0 Å². The van der Waals surface area contributed by atoms with Gasteiger partial charge in [0.1, 0.15) is 27.8 Å². The van der Waals surface area contributed by atoms with Crippen LogP contribution < -0.4 is 9.80 Å². The topological polar surface area (TPSA) is 137 Å². The van der Waals surface area contributed by atoms with Crippen molar-refractivity contribution in [2.45, 2.75) is 44.8 Å². The number of aromatic amines is 1. The van der Waals surface area contributed by atoms with Crippen molar-refractivity contribution < 1.29 is 24.2 Å². The molecular formula is C30H37Cl2N7O5S. The van der Waals surface area contributed by atoms with Crippen LogP contribution in [0.25, 0.3) is 11.4 Å². The second kappa shape index (κ2) is 13.9. The van der Waals surface area contributed by atoms with Crippen LogP contribution >= 0.6 is 34.5 Å². The summed E-state index contributed by atoms with van der Waals surface area (Å²) >= 11 is 13.6. The van der Waals surface area contributed by atoms with E-state index in [0.29, 0.717) is 58.5 Å². The molecule has 3 aromatic heterocycles. The van der Waals surface area contributed by atoms with Gasteiger partial charge in [-0.2, -0.15) is 0 Å². The smallest absolute Gasteiger partial charge is 0.348 e. The summed E-state index contributed by atoms with van der Waals surface area (Å²) in [7, 11) is 1.62. The Morgan fingerprint density at radius 2 is 1.91 bits per heavy atom. The Bertz CT molecular complexity index is 1520. The predicted molar refractivity (Wildman–Crippen MR) is 173 cm³/mol. The van der Waals surface area contributed by atoms with Gasteiger partial charge in [0.05, 0.1) is 34.6 Å². The first-order valence-electron chi connectivity index (χ1n) is 15.2. The number of piperazine rings is 1. The van der Waals surface area contributed by atoms with E-state index < -0.39 is 5.97 Å². The van der Waals surface area contributed by atoms with Gasteiger partial charge in [-0.15, -0.1) is 0 Å². The Labute approximate surface area is 275 Å². The molecule has 12 nitrogen and oxygen atoms in total. The lowest BCUT2D eigenvalue weighted by atomic mass is 9.88. The number of carboxylic acid groups (broad SMARTS) is 1. The van der Waals surface area contributed by atoms with Crippen molar-refractivity contribution in [1.29, 1.82) is 0 Å². The van der Waals surface area contributed by atoms with Crippen molar-refractivity contribution in [3.8, 4) is 11.4 Å². The Balaban J connectivity index is 1.10. The summed E-state index contributed by atoms with van der Waals surface area (Å²) in [6.45, 7) is 8.21. The molecule has 0 spiro atoms. The van der Waals surface area contributed by atoms with Crippen LogP contribution in [0.1, 0.15) is 51.5 Å². The van der Waals surface area contributed by atoms with Gasteiger partial charge in [0.25, 0.3) is 0 Å². The van der Waals surface area contributed by atoms with Crippen LogP contribution in [0.5, 0.6) is 0 Å². The molecule has 1 unspecified atom stereocenters. The number of aryl methyl sites for hydroxylation is 1. The number of hydrogen-bond donors (Lipinski definition) is 2. The maximum absolute atomic E-state index is 13.1. The highest BCUT2D eigenvalue weighted by Gasteiger charge is 2.34. The number of methoxy groups -OCH3 is 1. The third kappa shape index (κ3) is 6.98. The minimum atomic E-state index is -1.07. The van der Waals surface area contributed by atoms with Gasteiger partial charge in [-0.05, 0) is 32.1 Å². The summed E-state index contributed by atoms with van der Waals surface area (Å²) in [6.07, 6.45) is 6.57. The number of aromatic carboxylic acids is 1. The Kier molecular flexibility index (Phi) is 9.93. The fraction of sp³-hybridized carbons (Fsp3) is 0.567. The number of piperidine rings is 1. The van der Waals surface area contributed by atoms with E-state index in [1.54, 1.807) is 26.4 Å². The van der Waals surface area contributed by atoms with Crippen LogP contribution in [-0.2, 0) is 9.47 Å². The molecule has 3 saturated heterocycles. The van der Waals surface area contributed by atoms with Gasteiger partial charge in [0.15, 0.2) is 10.9 Å². The lowest BCUT2D eigenvalue weighted by molar-refractivity contribution is 0.0375. The van der Waals surface area contributed by atoms with Gasteiger partial charge in [0, 0.05) is 71.6 Å². The van der Waals surface area contributed by atoms with Crippen LogP contribution in [0, 0.1) is 12.8 Å². The number of halogens is 2. The minimum absolute atomic E-state index is 0.0492. The second-order valence-corrected chi connectivity index (χ2v) is 13.5. The van der Waals surface area contributed by atoms with Crippen LogP contribution in [0.15, 0.2) is 12.4 Å². The number of ether oxygens (including phenoxy) is 2. The Morgan fingerprint density at radius 1 is 1.11 bits per heavy atom. The van der Waals surface area contributed by atoms with Crippen LogP contribution in [0.3, 0.4) is 0 Å². The van der Waals surface area contributed by atoms with Crippen LogP contribution in [0.4, 0.5) is 10.9 Å². The number of carbonyl (C=O) groups is 2. The minimum Gasteiger partial charge on any atom is -0.477 e. The first-order chi connectivity index (χ1) is 21.7. The first kappa shape index (κ1) is 32.1. The molecule has 3 aliphatic rings. The zero-order valence-electron chi connectivity index (χ0n) is 25.3. The van der Waals surface area contributed by atoms with E-state index in [1.807, 2.05) is 4.90 Å². The number of ketones is 1. The summed E-state index contributed by atoms with van der Waals surface area (Å²) in [5.41, 5.74) is 1.68. The Morgan fingerprint density at radius 3 is 2.53 bits per heavy atom. The highest BCUT2D eigenvalue weighted by Crippen LogP contribution is 2.37. The lowest BCUT2D eigenvalue weighted by Crippen LogP contribution is -2.48. The maximum atomic E-state index is 13.1. The van der Waals surface area contributed by atoms with Crippen molar-refractivity contribution in [2.75, 3.05) is 69.3 Å². The second-order valence-electron chi connectivity index (χ2n) is 11.8. The van der Waals surface area contributed by atoms with Crippen molar-refractivity contribution in [3.63, 3.8) is 0 Å². The molecule has 6 heterocycles. The summed E-state index contributed by atoms with van der Waals surface area (Å²) in [5.74, 6) is -0.474. The molecule has 45 heavy (non-hydrogen) atoms. The average molecular weight is 679 g/mol. The highest BCUT2D eigenvalue weighted by atomic mass is 35.5. The van der Waals surface area contributed by atoms with E-state index in [9.17, 15) is 14.7 Å². The molecule has 15 heteroatoms. The van der Waals surface area contributed by atoms with E-state index in [0.717, 1.165) is 69.3 Å². The van der Waals surface area contributed by atoms with Gasteiger partial charge in [0.2, 0.25) is 0 Å². The number of nitrogens with zero attached hydrogens (tertiary/aromatic N) is 6. The van der Waals surface area contributed by atoms with Crippen molar-refractivity contribution >= 4 is 57.2 Å². The molecule has 3 aromatic rings. The van der Waals surface area contributed by atoms with E-state index in [4.69, 9.17) is 37.7 Å². The van der Waals surface area contributed by atoms with Crippen molar-refractivity contribution in [1.82, 2.24) is 24.8 Å². The standard InChI is InChI=1S/C30H37Cl2N7O5S/c1-17-24(31)25(32)27(35-17)21(40)12-18-5-6-39(16-22(18)43-2)30-36-26(28(45-30)29(41)42)20-13-34-23(14-33-20)38-9-7-37(8-10-38)15-19-4-3-11-44-19/h13-14,18-19,22,35H,3-12,15-16H2,1-2H3,(H,41,42)/t18-,19?,22-/m0/s1. The summed E-state index contributed by atoms with van der Waals surface area (Å²) in [6, 6.07) is 0. The number of nitrogens with one attached hydrogen (secondary N) is 1. The summed E-state index contributed by atoms with van der Waals surface area (Å²) in [4.78, 5) is 49.0. The van der Waals surface area contributed by atoms with Crippen LogP contribution in [-0.4, -0.2) is 113 Å². The molecule has 2 N–H and O–H groups in total. The number of aromatic nitrogens is 4. The van der Waals surface area contributed by atoms with Gasteiger partial charge in [-0.1, -0.05) is 34.5 Å². The lowest BCUT2D eigenvalue weighted by Gasteiger charge is -2.37. The third-order valence-electron chi connectivity index (χ3n) is 8.92. The number of anilines is 2. The molecule has 3 fully saturated rings. The predicted octanol–water partition coefficient (Wildman–Crippen LogP) is 4.66. The van der Waals surface area contributed by atoms with Crippen molar-refractivity contribution in [3.05, 3.63) is 38.7 Å². The SMILES string of the molecule is CO[C@H]1CN(c2nc(-c3cnc(N4CCN(CC5CCCO5)CC4)cn3)c(C(=O)O)s2)CC[C@H]1CC(=O)c1[nH]c(C)c(Cl)c1Cl. The molecule has 242 valence electrons. The van der Waals surface area contributed by atoms with Gasteiger partial charge >= 0.3 is 5.97 Å². The number of Topliss-reactive ketones (excluding diaryl/α,β-unsaturated/α-hetero) is 1. The number of rotatable bonds is 10. The normalized spacial score (nSPS) is 22.7. The molecule has 0 bridgehead atoms. The number of carboxylic acids is 1. The molecule has 0 aliphatic carbocycles. The van der Waals surface area contributed by atoms with Gasteiger partial charge in [-0.3, -0.25) is 9.69 Å². The Hall–Kier alpha value is -2.81. The monoisotopic (exact) mass is 677 g/mol. The highest BCUT2D eigenvalue weighted by molar-refractivity contribution is 7.17. The number of thiazole rings is 1. The van der Waals surface area contributed by atoms with E-state index in [2.05, 4.69) is 24.8 Å². The zero-order chi connectivity index (χ0) is 31.7. The molecule has 0 radical (unpaired) electrons. The van der Waals surface area contributed by atoms with Crippen LogP contribution in [0.2, 0.25) is 10.0 Å². The molecule has 0 saturated carbocycles.